The van der Waals surface area contributed by atoms with Crippen molar-refractivity contribution in [1.29, 1.82) is 0 Å². The number of carboxylic acid groups (broad SMARTS) is 3. The number of rotatable bonds is 9. The topological polar surface area (TPSA) is 156 Å². The molecule has 144 valence electrons. The predicted molar refractivity (Wildman–Crippen MR) is 90.1 cm³/mol. The van der Waals surface area contributed by atoms with E-state index in [1.165, 1.54) is 14.0 Å². The Labute approximate surface area is 143 Å². The average Bonchev–Trinajstić information content (AvgIpc) is 2.45. The molecule has 0 saturated carbocycles. The normalized spacial score (nSPS) is 13.5. The molecule has 0 aliphatic rings. The molecule has 3 unspecified atom stereocenters. The summed E-state index contributed by atoms with van der Waals surface area (Å²) >= 11 is 0. The van der Waals surface area contributed by atoms with Gasteiger partial charge in [0.15, 0.2) is 0 Å². The summed E-state index contributed by atoms with van der Waals surface area (Å²) in [5, 5.41) is 39.3. The molecule has 0 bridgehead atoms. The monoisotopic (exact) mass is 352 g/mol. The second kappa shape index (κ2) is 16.2. The lowest BCUT2D eigenvalue weighted by molar-refractivity contribution is -0.142. The van der Waals surface area contributed by atoms with Gasteiger partial charge in [0, 0.05) is 12.5 Å². The van der Waals surface area contributed by atoms with E-state index in [1.54, 1.807) is 0 Å². The molecule has 0 saturated heterocycles. The van der Waals surface area contributed by atoms with Crippen LogP contribution in [-0.2, 0) is 14.4 Å². The first kappa shape index (κ1) is 27.2. The van der Waals surface area contributed by atoms with Crippen molar-refractivity contribution in [2.24, 2.45) is 0 Å². The Morgan fingerprint density at radius 3 is 1.58 bits per heavy atom. The minimum Gasteiger partial charge on any atom is -0.481 e. The summed E-state index contributed by atoms with van der Waals surface area (Å²) in [7, 11) is 1.49. The number of carboxylic acids is 3. The number of nitrogens with one attached hydrogen (secondary N) is 2. The quantitative estimate of drug-likeness (QED) is 0.345. The molecule has 0 aliphatic carbocycles. The Morgan fingerprint density at radius 2 is 1.42 bits per heavy atom. The molecule has 0 aliphatic heterocycles. The highest BCUT2D eigenvalue weighted by molar-refractivity contribution is 5.75. The van der Waals surface area contributed by atoms with Gasteiger partial charge in [0.1, 0.15) is 12.1 Å². The zero-order chi connectivity index (χ0) is 19.9. The van der Waals surface area contributed by atoms with Crippen molar-refractivity contribution in [3.8, 4) is 0 Å². The maximum absolute atomic E-state index is 10.6. The van der Waals surface area contributed by atoms with E-state index in [4.69, 9.17) is 20.4 Å². The Bertz CT molecular complexity index is 360. The van der Waals surface area contributed by atoms with Gasteiger partial charge < -0.3 is 31.1 Å². The van der Waals surface area contributed by atoms with Crippen LogP contribution in [0.15, 0.2) is 0 Å². The summed E-state index contributed by atoms with van der Waals surface area (Å²) in [5.74, 6) is -3.01. The highest BCUT2D eigenvalue weighted by Crippen LogP contribution is 1.99. The number of likely N-dealkylation sites (N-methyl/N-ethyl adjacent to an activating group) is 1. The molecule has 24 heavy (non-hydrogen) atoms. The Balaban J connectivity index is -0.000000351. The molecule has 0 rings (SSSR count). The van der Waals surface area contributed by atoms with Crippen LogP contribution in [-0.4, -0.2) is 69.6 Å². The zero-order valence-corrected chi connectivity index (χ0v) is 15.2. The fourth-order valence-corrected chi connectivity index (χ4v) is 1.52. The molecular formula is C15H32N2O7. The summed E-state index contributed by atoms with van der Waals surface area (Å²) < 4.78 is 0. The maximum atomic E-state index is 10.6. The number of aliphatic hydroxyl groups is 1. The van der Waals surface area contributed by atoms with Crippen molar-refractivity contribution in [1.82, 2.24) is 10.6 Å². The number of carbonyl (C=O) groups is 3. The predicted octanol–water partition coefficient (Wildman–Crippen LogP) is 0.368. The van der Waals surface area contributed by atoms with Crippen molar-refractivity contribution < 1.29 is 34.8 Å². The van der Waals surface area contributed by atoms with Crippen LogP contribution in [0.1, 0.15) is 47.5 Å². The third-order valence-corrected chi connectivity index (χ3v) is 2.54. The molecule has 0 heterocycles. The maximum Gasteiger partial charge on any atom is 0.323 e. The van der Waals surface area contributed by atoms with Crippen molar-refractivity contribution in [2.75, 3.05) is 7.05 Å². The SMILES string of the molecule is CC.CC(C)NC(CCC(=O)O)C(=O)O.CNC(C(=O)O)C(C)O. The highest BCUT2D eigenvalue weighted by Gasteiger charge is 2.20. The van der Waals surface area contributed by atoms with Gasteiger partial charge in [0.25, 0.3) is 0 Å². The van der Waals surface area contributed by atoms with E-state index in [9.17, 15) is 14.4 Å². The van der Waals surface area contributed by atoms with Crippen molar-refractivity contribution in [2.45, 2.75) is 71.7 Å². The molecule has 0 aromatic rings. The first-order chi connectivity index (χ1) is 11.0. The second-order valence-corrected chi connectivity index (χ2v) is 4.99. The molecule has 0 aromatic carbocycles. The third kappa shape index (κ3) is 16.7. The van der Waals surface area contributed by atoms with Crippen LogP contribution < -0.4 is 10.6 Å². The molecule has 0 radical (unpaired) electrons. The van der Waals surface area contributed by atoms with Gasteiger partial charge in [-0.15, -0.1) is 0 Å². The van der Waals surface area contributed by atoms with Crippen LogP contribution in [0.4, 0.5) is 0 Å². The van der Waals surface area contributed by atoms with Gasteiger partial charge in [-0.25, -0.2) is 0 Å². The largest absolute Gasteiger partial charge is 0.481 e. The van der Waals surface area contributed by atoms with Crippen molar-refractivity contribution in [3.05, 3.63) is 0 Å². The standard InChI is InChI=1S/C8H15NO4.C5H11NO3.C2H6/c1-5(2)9-6(8(12)13)3-4-7(10)11;1-3(7)4(6-2)5(8)9;1-2/h5-6,9H,3-4H2,1-2H3,(H,10,11)(H,12,13);3-4,6-7H,1-2H3,(H,8,9);1-2H3. The van der Waals surface area contributed by atoms with Gasteiger partial charge in [-0.3, -0.25) is 14.4 Å². The molecule has 6 N–H and O–H groups in total. The summed E-state index contributed by atoms with van der Waals surface area (Å²) in [6.45, 7) is 9.06. The van der Waals surface area contributed by atoms with Crippen LogP contribution in [0.5, 0.6) is 0 Å². The molecular weight excluding hydrogens is 320 g/mol. The third-order valence-electron chi connectivity index (χ3n) is 2.54. The fourth-order valence-electron chi connectivity index (χ4n) is 1.52. The minimum atomic E-state index is -1.03. The summed E-state index contributed by atoms with van der Waals surface area (Å²) in [5.41, 5.74) is 0. The average molecular weight is 352 g/mol. The van der Waals surface area contributed by atoms with Gasteiger partial charge in [0.2, 0.25) is 0 Å². The van der Waals surface area contributed by atoms with Crippen molar-refractivity contribution >= 4 is 17.9 Å². The van der Waals surface area contributed by atoms with Crippen LogP contribution in [0.25, 0.3) is 0 Å². The van der Waals surface area contributed by atoms with E-state index in [2.05, 4.69) is 10.6 Å². The van der Waals surface area contributed by atoms with E-state index in [0.29, 0.717) is 0 Å². The Morgan fingerprint density at radius 1 is 0.958 bits per heavy atom. The van der Waals surface area contributed by atoms with Crippen LogP contribution in [0.2, 0.25) is 0 Å². The van der Waals surface area contributed by atoms with Crippen LogP contribution >= 0.6 is 0 Å². The molecule has 0 spiro atoms. The zero-order valence-electron chi connectivity index (χ0n) is 15.2. The van der Waals surface area contributed by atoms with Crippen molar-refractivity contribution in [3.63, 3.8) is 0 Å². The summed E-state index contributed by atoms with van der Waals surface area (Å²) in [4.78, 5) is 30.9. The summed E-state index contributed by atoms with van der Waals surface area (Å²) in [6, 6.07) is -1.59. The lowest BCUT2D eigenvalue weighted by Gasteiger charge is -2.15. The lowest BCUT2D eigenvalue weighted by atomic mass is 10.1. The first-order valence-electron chi connectivity index (χ1n) is 7.81. The van der Waals surface area contributed by atoms with E-state index in [0.717, 1.165) is 0 Å². The second-order valence-electron chi connectivity index (χ2n) is 4.99. The number of hydrogen-bond acceptors (Lipinski definition) is 6. The van der Waals surface area contributed by atoms with Crippen LogP contribution in [0, 0.1) is 0 Å². The lowest BCUT2D eigenvalue weighted by Crippen LogP contribution is -2.42. The van der Waals surface area contributed by atoms with E-state index < -0.39 is 36.1 Å². The first-order valence-corrected chi connectivity index (χ1v) is 7.81. The molecule has 0 fully saturated rings. The fraction of sp³-hybridized carbons (Fsp3) is 0.800. The minimum absolute atomic E-state index is 0.0369. The van der Waals surface area contributed by atoms with Crippen LogP contribution in [0.3, 0.4) is 0 Å². The molecule has 0 aromatic heterocycles. The van der Waals surface area contributed by atoms with Gasteiger partial charge in [-0.1, -0.05) is 27.7 Å². The number of aliphatic carboxylic acids is 3. The van der Waals surface area contributed by atoms with Gasteiger partial charge in [-0.05, 0) is 20.4 Å². The smallest absolute Gasteiger partial charge is 0.323 e. The summed E-state index contributed by atoms with van der Waals surface area (Å²) in [6.07, 6.45) is -0.869. The van der Waals surface area contributed by atoms with Gasteiger partial charge in [0.05, 0.1) is 6.10 Å². The number of hydrogen-bond donors (Lipinski definition) is 6. The Kier molecular flexibility index (Phi) is 18.3. The Hall–Kier alpha value is -1.71. The molecule has 3 atom stereocenters. The highest BCUT2D eigenvalue weighted by atomic mass is 16.4. The number of aliphatic hydroxyl groups excluding tert-OH is 1. The van der Waals surface area contributed by atoms with Gasteiger partial charge in [-0.2, -0.15) is 0 Å². The molecule has 9 heteroatoms. The molecule has 9 nitrogen and oxygen atoms in total. The van der Waals surface area contributed by atoms with E-state index >= 15 is 0 Å². The van der Waals surface area contributed by atoms with E-state index in [-0.39, 0.29) is 18.9 Å². The molecule has 0 amide bonds. The van der Waals surface area contributed by atoms with E-state index in [1.807, 2.05) is 27.7 Å². The van der Waals surface area contributed by atoms with Gasteiger partial charge >= 0.3 is 17.9 Å².